The molecule has 4 rings (SSSR count). The van der Waals surface area contributed by atoms with Gasteiger partial charge in [0.25, 0.3) is 0 Å². The molecule has 4 aromatic rings. The van der Waals surface area contributed by atoms with Crippen LogP contribution in [0.1, 0.15) is 5.69 Å². The first-order valence-electron chi connectivity index (χ1n) is 7.27. The van der Waals surface area contributed by atoms with Crippen molar-refractivity contribution in [2.24, 2.45) is 5.14 Å². The molecule has 0 saturated carbocycles. The fourth-order valence-corrected chi connectivity index (χ4v) is 4.45. The van der Waals surface area contributed by atoms with E-state index in [1.54, 1.807) is 24.3 Å². The van der Waals surface area contributed by atoms with Crippen molar-refractivity contribution in [3.63, 3.8) is 0 Å². The fraction of sp³-hybridized carbons (Fsp3) is 0.0625. The van der Waals surface area contributed by atoms with Crippen molar-refractivity contribution in [1.29, 1.82) is 0 Å². The third kappa shape index (κ3) is 2.66. The van der Waals surface area contributed by atoms with Crippen LogP contribution in [0.15, 0.2) is 53.4 Å². The van der Waals surface area contributed by atoms with E-state index in [0.29, 0.717) is 21.3 Å². The topological polar surface area (TPSA) is 78.0 Å². The number of thiophene rings is 1. The number of hydrogen-bond donors (Lipinski definition) is 1. The summed E-state index contributed by atoms with van der Waals surface area (Å²) in [5, 5.41) is 9.46. The minimum atomic E-state index is -4.61. The van der Waals surface area contributed by atoms with Crippen LogP contribution in [0, 0.1) is 0 Å². The fourth-order valence-electron chi connectivity index (χ4n) is 2.75. The van der Waals surface area contributed by atoms with Gasteiger partial charge in [-0.2, -0.15) is 18.3 Å². The third-order valence-electron chi connectivity index (χ3n) is 3.87. The quantitative estimate of drug-likeness (QED) is 0.557. The second-order valence-electron chi connectivity index (χ2n) is 5.57. The molecule has 0 spiro atoms. The van der Waals surface area contributed by atoms with E-state index in [1.165, 1.54) is 28.9 Å². The summed E-state index contributed by atoms with van der Waals surface area (Å²) in [6.45, 7) is 0. The third-order valence-corrected chi connectivity index (χ3v) is 5.97. The molecular weight excluding hydrogens is 387 g/mol. The molecule has 10 heteroatoms. The molecule has 2 aromatic carbocycles. The van der Waals surface area contributed by atoms with Gasteiger partial charge in [0.1, 0.15) is 0 Å². The van der Waals surface area contributed by atoms with Crippen molar-refractivity contribution in [2.75, 3.05) is 0 Å². The lowest BCUT2D eigenvalue weighted by molar-refractivity contribution is -0.140. The SMILES string of the molecule is NS(=O)(=O)c1ccc(-n2nc(C(F)(F)F)c3sc4ccccc4c32)cc1. The Kier molecular flexibility index (Phi) is 3.62. The molecule has 2 aromatic heterocycles. The molecule has 0 fully saturated rings. The largest absolute Gasteiger partial charge is 0.436 e. The van der Waals surface area contributed by atoms with E-state index >= 15 is 0 Å². The number of alkyl halides is 3. The van der Waals surface area contributed by atoms with Gasteiger partial charge in [-0.05, 0) is 30.3 Å². The van der Waals surface area contributed by atoms with E-state index < -0.39 is 21.9 Å². The molecule has 0 aliphatic rings. The number of aromatic nitrogens is 2. The zero-order chi connectivity index (χ0) is 18.7. The lowest BCUT2D eigenvalue weighted by Gasteiger charge is -2.05. The number of nitrogens with zero attached hydrogens (tertiary/aromatic N) is 2. The minimum absolute atomic E-state index is 0.0363. The van der Waals surface area contributed by atoms with Gasteiger partial charge in [-0.3, -0.25) is 0 Å². The molecule has 5 nitrogen and oxygen atoms in total. The van der Waals surface area contributed by atoms with Crippen LogP contribution in [-0.4, -0.2) is 18.2 Å². The van der Waals surface area contributed by atoms with Crippen molar-refractivity contribution < 1.29 is 21.6 Å². The van der Waals surface area contributed by atoms with Crippen LogP contribution in [0.25, 0.3) is 26.0 Å². The Bertz CT molecular complexity index is 1240. The molecule has 2 heterocycles. The maximum atomic E-state index is 13.4. The number of fused-ring (bicyclic) bond motifs is 3. The smallest absolute Gasteiger partial charge is 0.231 e. The summed E-state index contributed by atoms with van der Waals surface area (Å²) < 4.78 is 65.0. The molecule has 0 aliphatic carbocycles. The van der Waals surface area contributed by atoms with Crippen LogP contribution in [-0.2, 0) is 16.2 Å². The molecular formula is C16H10F3N3O2S2. The molecule has 0 bridgehead atoms. The van der Waals surface area contributed by atoms with E-state index in [9.17, 15) is 21.6 Å². The normalized spacial score (nSPS) is 12.9. The van der Waals surface area contributed by atoms with Crippen molar-refractivity contribution in [3.05, 3.63) is 54.2 Å². The molecule has 0 aliphatic heterocycles. The molecule has 26 heavy (non-hydrogen) atoms. The predicted octanol–water partition coefficient (Wildman–Crippen LogP) is 3.91. The highest BCUT2D eigenvalue weighted by atomic mass is 32.2. The Morgan fingerprint density at radius 3 is 2.31 bits per heavy atom. The lowest BCUT2D eigenvalue weighted by Crippen LogP contribution is -2.12. The first-order chi connectivity index (χ1) is 12.2. The number of benzene rings is 2. The minimum Gasteiger partial charge on any atom is -0.231 e. The van der Waals surface area contributed by atoms with Gasteiger partial charge in [0, 0.05) is 10.1 Å². The standard InChI is InChI=1S/C16H10F3N3O2S2/c17-16(18,19)15-14-13(11-3-1-2-4-12(11)25-14)22(21-15)9-5-7-10(8-6-9)26(20,23)24/h1-8H,(H2,20,23,24). The number of nitrogens with two attached hydrogens (primary N) is 1. The van der Waals surface area contributed by atoms with Crippen molar-refractivity contribution >= 4 is 41.7 Å². The lowest BCUT2D eigenvalue weighted by atomic mass is 10.2. The van der Waals surface area contributed by atoms with E-state index in [-0.39, 0.29) is 9.60 Å². The van der Waals surface area contributed by atoms with Gasteiger partial charge in [-0.25, -0.2) is 18.2 Å². The van der Waals surface area contributed by atoms with Crippen LogP contribution in [0.2, 0.25) is 0 Å². The molecule has 0 amide bonds. The van der Waals surface area contributed by atoms with Crippen LogP contribution < -0.4 is 5.14 Å². The van der Waals surface area contributed by atoms with Gasteiger partial charge >= 0.3 is 6.18 Å². The zero-order valence-corrected chi connectivity index (χ0v) is 14.5. The number of rotatable bonds is 2. The molecule has 2 N–H and O–H groups in total. The van der Waals surface area contributed by atoms with Gasteiger partial charge in [0.15, 0.2) is 5.69 Å². The highest BCUT2D eigenvalue weighted by Gasteiger charge is 2.38. The van der Waals surface area contributed by atoms with Gasteiger partial charge in [-0.15, -0.1) is 11.3 Å². The molecule has 0 radical (unpaired) electrons. The molecule has 0 unspecified atom stereocenters. The predicted molar refractivity (Wildman–Crippen MR) is 92.8 cm³/mol. The Hall–Kier alpha value is -2.43. The zero-order valence-electron chi connectivity index (χ0n) is 12.9. The number of primary sulfonamides is 1. The Balaban J connectivity index is 2.03. The monoisotopic (exact) mass is 397 g/mol. The maximum absolute atomic E-state index is 13.4. The molecule has 0 atom stereocenters. The summed E-state index contributed by atoms with van der Waals surface area (Å²) in [5.74, 6) is 0. The van der Waals surface area contributed by atoms with Crippen LogP contribution >= 0.6 is 11.3 Å². The van der Waals surface area contributed by atoms with Gasteiger partial charge < -0.3 is 0 Å². The second-order valence-corrected chi connectivity index (χ2v) is 8.19. The van der Waals surface area contributed by atoms with Gasteiger partial charge in [-0.1, -0.05) is 18.2 Å². The molecule has 0 saturated heterocycles. The van der Waals surface area contributed by atoms with Crippen molar-refractivity contribution in [3.8, 4) is 5.69 Å². The Morgan fingerprint density at radius 1 is 1.04 bits per heavy atom. The average Bonchev–Trinajstić information content (AvgIpc) is 3.10. The van der Waals surface area contributed by atoms with E-state index in [1.807, 2.05) is 0 Å². The summed E-state index contributed by atoms with van der Waals surface area (Å²) in [4.78, 5) is -0.129. The summed E-state index contributed by atoms with van der Waals surface area (Å²) in [5.41, 5.74) is -0.327. The van der Waals surface area contributed by atoms with Gasteiger partial charge in [0.2, 0.25) is 10.0 Å². The average molecular weight is 397 g/mol. The number of halogens is 3. The van der Waals surface area contributed by atoms with Crippen LogP contribution in [0.5, 0.6) is 0 Å². The second kappa shape index (κ2) is 5.53. The van der Waals surface area contributed by atoms with Crippen molar-refractivity contribution in [2.45, 2.75) is 11.1 Å². The highest BCUT2D eigenvalue weighted by Crippen LogP contribution is 2.42. The molecule has 134 valence electrons. The van der Waals surface area contributed by atoms with Crippen LogP contribution in [0.3, 0.4) is 0 Å². The van der Waals surface area contributed by atoms with Crippen LogP contribution in [0.4, 0.5) is 13.2 Å². The number of hydrogen-bond acceptors (Lipinski definition) is 4. The first kappa shape index (κ1) is 17.0. The van der Waals surface area contributed by atoms with E-state index in [0.717, 1.165) is 11.3 Å². The van der Waals surface area contributed by atoms with E-state index in [4.69, 9.17) is 5.14 Å². The Morgan fingerprint density at radius 2 is 1.69 bits per heavy atom. The summed E-state index contributed by atoms with van der Waals surface area (Å²) in [7, 11) is -3.89. The highest BCUT2D eigenvalue weighted by molar-refractivity contribution is 7.89. The maximum Gasteiger partial charge on any atom is 0.436 e. The first-order valence-corrected chi connectivity index (χ1v) is 9.63. The summed E-state index contributed by atoms with van der Waals surface area (Å²) in [6.07, 6.45) is -4.61. The Labute approximate surface area is 149 Å². The summed E-state index contributed by atoms with van der Waals surface area (Å²) in [6, 6.07) is 12.2. The number of sulfonamides is 1. The summed E-state index contributed by atoms with van der Waals surface area (Å²) >= 11 is 1.02. The van der Waals surface area contributed by atoms with E-state index in [2.05, 4.69) is 5.10 Å². The van der Waals surface area contributed by atoms with Crippen molar-refractivity contribution in [1.82, 2.24) is 9.78 Å². The van der Waals surface area contributed by atoms with Gasteiger partial charge in [0.05, 0.1) is 20.8 Å².